The molecule has 38 heavy (non-hydrogen) atoms. The van der Waals surface area contributed by atoms with Crippen molar-refractivity contribution in [3.8, 4) is 16.9 Å². The summed E-state index contributed by atoms with van der Waals surface area (Å²) in [6.07, 6.45) is 0.656. The van der Waals surface area contributed by atoms with Crippen molar-refractivity contribution in [3.63, 3.8) is 0 Å². The van der Waals surface area contributed by atoms with Gasteiger partial charge in [0.2, 0.25) is 5.91 Å². The molecule has 0 saturated heterocycles. The summed E-state index contributed by atoms with van der Waals surface area (Å²) in [7, 11) is 0. The van der Waals surface area contributed by atoms with E-state index in [-0.39, 0.29) is 18.2 Å². The van der Waals surface area contributed by atoms with E-state index in [0.717, 1.165) is 5.56 Å². The molecule has 196 valence electrons. The van der Waals surface area contributed by atoms with Gasteiger partial charge in [-0.25, -0.2) is 18.3 Å². The van der Waals surface area contributed by atoms with Gasteiger partial charge in [-0.05, 0) is 48.7 Å². The van der Waals surface area contributed by atoms with Crippen LogP contribution >= 0.6 is 0 Å². The van der Waals surface area contributed by atoms with Crippen molar-refractivity contribution in [2.24, 2.45) is 5.92 Å². The number of carbonyl (C=O) groups excluding carboxylic acids is 2. The van der Waals surface area contributed by atoms with E-state index in [2.05, 4.69) is 15.7 Å². The summed E-state index contributed by atoms with van der Waals surface area (Å²) in [4.78, 5) is 27.5. The van der Waals surface area contributed by atoms with E-state index in [1.165, 1.54) is 39.9 Å². The van der Waals surface area contributed by atoms with Crippen LogP contribution in [0.25, 0.3) is 16.9 Å². The van der Waals surface area contributed by atoms with Gasteiger partial charge in [0, 0.05) is 18.2 Å². The Labute approximate surface area is 220 Å². The number of carbonyl (C=O) groups is 2. The maximum Gasteiger partial charge on any atom is 0.322 e. The second-order valence-corrected chi connectivity index (χ2v) is 9.23. The van der Waals surface area contributed by atoms with Crippen molar-refractivity contribution < 1.29 is 18.4 Å². The van der Waals surface area contributed by atoms with E-state index in [1.54, 1.807) is 24.3 Å². The Kier molecular flexibility index (Phi) is 8.47. The van der Waals surface area contributed by atoms with Gasteiger partial charge in [-0.1, -0.05) is 56.3 Å². The molecule has 0 aliphatic heterocycles. The first-order valence-electron chi connectivity index (χ1n) is 12.3. The standard InChI is InChI=1S/C29H29F2N5O2/c1-20(2)16-17-35(29(38)32-25-11-7-6-10-24(25)31)19-28(37)33-27-18-26(21-8-4-3-5-9-21)34-36(27)23-14-12-22(30)13-15-23/h3-15,18,20H,16-17,19H2,1-2H3,(H,32,38)(H,33,37). The van der Waals surface area contributed by atoms with Gasteiger partial charge < -0.3 is 15.5 Å². The highest BCUT2D eigenvalue weighted by Crippen LogP contribution is 2.25. The molecule has 2 N–H and O–H groups in total. The van der Waals surface area contributed by atoms with Crippen molar-refractivity contribution in [2.75, 3.05) is 23.7 Å². The van der Waals surface area contributed by atoms with E-state index in [0.29, 0.717) is 30.2 Å². The van der Waals surface area contributed by atoms with Gasteiger partial charge in [-0.3, -0.25) is 4.79 Å². The fraction of sp³-hybridized carbons (Fsp3) is 0.207. The molecule has 0 aliphatic carbocycles. The zero-order valence-electron chi connectivity index (χ0n) is 21.2. The van der Waals surface area contributed by atoms with Gasteiger partial charge in [0.1, 0.15) is 24.0 Å². The summed E-state index contributed by atoms with van der Waals surface area (Å²) >= 11 is 0. The number of hydrogen-bond acceptors (Lipinski definition) is 3. The zero-order valence-corrected chi connectivity index (χ0v) is 21.2. The number of nitrogens with zero attached hydrogens (tertiary/aromatic N) is 3. The monoisotopic (exact) mass is 517 g/mol. The SMILES string of the molecule is CC(C)CCN(CC(=O)Nc1cc(-c2ccccc2)nn1-c1ccc(F)cc1)C(=O)Nc1ccccc1F. The molecule has 0 bridgehead atoms. The van der Waals surface area contributed by atoms with Gasteiger partial charge >= 0.3 is 6.03 Å². The Bertz CT molecular complexity index is 1390. The second-order valence-electron chi connectivity index (χ2n) is 9.23. The van der Waals surface area contributed by atoms with Crippen LogP contribution < -0.4 is 10.6 Å². The van der Waals surface area contributed by atoms with Crippen LogP contribution in [0.2, 0.25) is 0 Å². The lowest BCUT2D eigenvalue weighted by Crippen LogP contribution is -2.41. The van der Waals surface area contributed by atoms with Gasteiger partial charge in [0.05, 0.1) is 17.1 Å². The molecule has 0 aliphatic rings. The van der Waals surface area contributed by atoms with Crippen molar-refractivity contribution in [2.45, 2.75) is 20.3 Å². The van der Waals surface area contributed by atoms with E-state index in [4.69, 9.17) is 0 Å². The first kappa shape index (κ1) is 26.5. The number of urea groups is 1. The number of para-hydroxylation sites is 1. The number of halogens is 2. The lowest BCUT2D eigenvalue weighted by molar-refractivity contribution is -0.116. The van der Waals surface area contributed by atoms with Gasteiger partial charge in [-0.15, -0.1) is 0 Å². The van der Waals surface area contributed by atoms with Crippen LogP contribution in [0.5, 0.6) is 0 Å². The molecule has 3 amide bonds. The number of nitrogens with one attached hydrogen (secondary N) is 2. The predicted molar refractivity (Wildman–Crippen MR) is 144 cm³/mol. The summed E-state index contributed by atoms with van der Waals surface area (Å²) < 4.78 is 29.2. The molecule has 9 heteroatoms. The van der Waals surface area contributed by atoms with Crippen LogP contribution in [0.15, 0.2) is 84.9 Å². The summed E-state index contributed by atoms with van der Waals surface area (Å²) in [6.45, 7) is 4.07. The smallest absolute Gasteiger partial charge is 0.315 e. The molecule has 1 heterocycles. The fourth-order valence-corrected chi connectivity index (χ4v) is 3.78. The third-order valence-electron chi connectivity index (χ3n) is 5.83. The molecule has 1 aromatic heterocycles. The molecule has 4 rings (SSSR count). The number of rotatable bonds is 9. The average Bonchev–Trinajstić information content (AvgIpc) is 3.32. The average molecular weight is 518 g/mol. The van der Waals surface area contributed by atoms with Crippen LogP contribution in [0.3, 0.4) is 0 Å². The van der Waals surface area contributed by atoms with Crippen LogP contribution in [-0.4, -0.2) is 39.7 Å². The summed E-state index contributed by atoms with van der Waals surface area (Å²) in [5.41, 5.74) is 2.04. The minimum absolute atomic E-state index is 0.0364. The summed E-state index contributed by atoms with van der Waals surface area (Å²) in [5, 5.41) is 10.0. The number of benzene rings is 3. The van der Waals surface area contributed by atoms with Gasteiger partial charge in [0.25, 0.3) is 0 Å². The molecule has 0 radical (unpaired) electrons. The highest BCUT2D eigenvalue weighted by Gasteiger charge is 2.21. The highest BCUT2D eigenvalue weighted by atomic mass is 19.1. The molecular formula is C29H29F2N5O2. The molecular weight excluding hydrogens is 488 g/mol. The normalized spacial score (nSPS) is 10.9. The molecule has 0 atom stereocenters. The molecule has 0 unspecified atom stereocenters. The summed E-state index contributed by atoms with van der Waals surface area (Å²) in [6, 6.07) is 22.2. The highest BCUT2D eigenvalue weighted by molar-refractivity contribution is 5.97. The van der Waals surface area contributed by atoms with E-state index in [1.807, 2.05) is 44.2 Å². The van der Waals surface area contributed by atoms with Crippen LogP contribution in [0.1, 0.15) is 20.3 Å². The number of amides is 3. The Morgan fingerprint density at radius 3 is 2.29 bits per heavy atom. The number of anilines is 2. The van der Waals surface area contributed by atoms with Gasteiger partial charge in [0.15, 0.2) is 0 Å². The third kappa shape index (κ3) is 6.82. The first-order valence-corrected chi connectivity index (χ1v) is 12.3. The van der Waals surface area contributed by atoms with Crippen molar-refractivity contribution in [1.29, 1.82) is 0 Å². The topological polar surface area (TPSA) is 79.3 Å². The molecule has 0 spiro atoms. The largest absolute Gasteiger partial charge is 0.322 e. The quantitative estimate of drug-likeness (QED) is 0.272. The minimum Gasteiger partial charge on any atom is -0.315 e. The van der Waals surface area contributed by atoms with E-state index < -0.39 is 23.6 Å². The Hall–Kier alpha value is -4.53. The van der Waals surface area contributed by atoms with Crippen molar-refractivity contribution >= 4 is 23.4 Å². The molecule has 0 fully saturated rings. The minimum atomic E-state index is -0.581. The molecule has 7 nitrogen and oxygen atoms in total. The lowest BCUT2D eigenvalue weighted by atomic mass is 10.1. The first-order chi connectivity index (χ1) is 18.3. The van der Waals surface area contributed by atoms with Crippen LogP contribution in [0.4, 0.5) is 25.1 Å². The Morgan fingerprint density at radius 2 is 1.61 bits per heavy atom. The number of aromatic nitrogens is 2. The maximum absolute atomic E-state index is 14.1. The molecule has 4 aromatic rings. The lowest BCUT2D eigenvalue weighted by Gasteiger charge is -2.23. The van der Waals surface area contributed by atoms with E-state index in [9.17, 15) is 18.4 Å². The van der Waals surface area contributed by atoms with Crippen molar-refractivity contribution in [1.82, 2.24) is 14.7 Å². The van der Waals surface area contributed by atoms with Gasteiger partial charge in [-0.2, -0.15) is 5.10 Å². The maximum atomic E-state index is 14.1. The molecule has 3 aromatic carbocycles. The van der Waals surface area contributed by atoms with Crippen LogP contribution in [0, 0.1) is 17.6 Å². The Morgan fingerprint density at radius 1 is 0.921 bits per heavy atom. The van der Waals surface area contributed by atoms with E-state index >= 15 is 0 Å². The Balaban J connectivity index is 1.57. The van der Waals surface area contributed by atoms with Crippen molar-refractivity contribution in [3.05, 3.63) is 96.6 Å². The molecule has 0 saturated carbocycles. The predicted octanol–water partition coefficient (Wildman–Crippen LogP) is 6.34. The summed E-state index contributed by atoms with van der Waals surface area (Å²) in [5.74, 6) is -0.767. The zero-order chi connectivity index (χ0) is 27.1. The number of hydrogen-bond donors (Lipinski definition) is 2. The fourth-order valence-electron chi connectivity index (χ4n) is 3.78. The van der Waals surface area contributed by atoms with Crippen LogP contribution in [-0.2, 0) is 4.79 Å². The third-order valence-corrected chi connectivity index (χ3v) is 5.83. The second kappa shape index (κ2) is 12.1.